The van der Waals surface area contributed by atoms with Gasteiger partial charge in [0.15, 0.2) is 0 Å². The van der Waals surface area contributed by atoms with Gasteiger partial charge in [-0.15, -0.1) is 0 Å². The Morgan fingerprint density at radius 3 is 2.94 bits per heavy atom. The molecule has 0 unspecified atom stereocenters. The van der Waals surface area contributed by atoms with E-state index in [-0.39, 0.29) is 16.7 Å². The van der Waals surface area contributed by atoms with E-state index in [1.165, 1.54) is 0 Å². The molecule has 1 atom stereocenters. The fourth-order valence-electron chi connectivity index (χ4n) is 1.58. The summed E-state index contributed by atoms with van der Waals surface area (Å²) in [5.41, 5.74) is 1.61. The van der Waals surface area contributed by atoms with E-state index in [4.69, 9.17) is 0 Å². The Bertz CT molecular complexity index is 535. The van der Waals surface area contributed by atoms with Gasteiger partial charge >= 0.3 is 0 Å². The number of anilines is 1. The maximum absolute atomic E-state index is 11.9. The first-order valence-electron chi connectivity index (χ1n) is 5.46. The molecular weight excluding hydrogens is 282 g/mol. The summed E-state index contributed by atoms with van der Waals surface area (Å²) in [7, 11) is 0. The zero-order valence-corrected chi connectivity index (χ0v) is 11.3. The zero-order valence-electron chi connectivity index (χ0n) is 9.70. The summed E-state index contributed by atoms with van der Waals surface area (Å²) in [5.74, 6) is 0.207. The van der Waals surface area contributed by atoms with Crippen LogP contribution in [0.2, 0.25) is 0 Å². The second-order valence-corrected chi connectivity index (χ2v) is 5.26. The number of nitrogens with one attached hydrogen (secondary N) is 2. The van der Waals surface area contributed by atoms with Crippen molar-refractivity contribution in [2.24, 2.45) is 5.92 Å². The minimum absolute atomic E-state index is 0.0397. The standard InChI is InChI=1S/C12H14BrN3O/c1-7(2)10(13)12(17)15-9-5-3-4-8-6-14-16-11(8)9/h3-7,10H,1-2H3,(H,14,16)(H,15,17)/t10-/m1/s1. The van der Waals surface area contributed by atoms with Crippen LogP contribution in [0.5, 0.6) is 0 Å². The third kappa shape index (κ3) is 2.49. The van der Waals surface area contributed by atoms with Crippen molar-refractivity contribution in [3.63, 3.8) is 0 Å². The van der Waals surface area contributed by atoms with Crippen LogP contribution < -0.4 is 5.32 Å². The molecule has 0 aliphatic heterocycles. The van der Waals surface area contributed by atoms with Gasteiger partial charge in [-0.2, -0.15) is 5.10 Å². The summed E-state index contributed by atoms with van der Waals surface area (Å²) in [6, 6.07) is 5.70. The lowest BCUT2D eigenvalue weighted by atomic mass is 10.1. The van der Waals surface area contributed by atoms with Gasteiger partial charge in [0.1, 0.15) is 0 Å². The van der Waals surface area contributed by atoms with Crippen molar-refractivity contribution < 1.29 is 4.79 Å². The molecule has 0 aliphatic rings. The summed E-state index contributed by atoms with van der Waals surface area (Å²) in [4.78, 5) is 11.7. The van der Waals surface area contributed by atoms with Gasteiger partial charge in [0.05, 0.1) is 22.2 Å². The van der Waals surface area contributed by atoms with E-state index >= 15 is 0 Å². The maximum Gasteiger partial charge on any atom is 0.238 e. The predicted molar refractivity (Wildman–Crippen MR) is 72.3 cm³/mol. The lowest BCUT2D eigenvalue weighted by Crippen LogP contribution is -2.27. The van der Waals surface area contributed by atoms with Crippen LogP contribution in [0.25, 0.3) is 10.9 Å². The first-order chi connectivity index (χ1) is 8.09. The van der Waals surface area contributed by atoms with Crippen molar-refractivity contribution >= 4 is 38.4 Å². The third-order valence-corrected chi connectivity index (χ3v) is 4.04. The van der Waals surface area contributed by atoms with Gasteiger partial charge in [0.25, 0.3) is 0 Å². The number of hydrogen-bond acceptors (Lipinski definition) is 2. The molecule has 1 heterocycles. The Morgan fingerprint density at radius 2 is 2.24 bits per heavy atom. The van der Waals surface area contributed by atoms with Gasteiger partial charge in [-0.05, 0) is 12.0 Å². The number of aromatic amines is 1. The number of carbonyl (C=O) groups is 1. The molecule has 2 rings (SSSR count). The van der Waals surface area contributed by atoms with Gasteiger partial charge in [-0.25, -0.2) is 0 Å². The van der Waals surface area contributed by atoms with Crippen molar-refractivity contribution in [2.75, 3.05) is 5.32 Å². The van der Waals surface area contributed by atoms with Crippen LogP contribution in [0.1, 0.15) is 13.8 Å². The highest BCUT2D eigenvalue weighted by Crippen LogP contribution is 2.22. The predicted octanol–water partition coefficient (Wildman–Crippen LogP) is 2.92. The van der Waals surface area contributed by atoms with E-state index in [1.807, 2.05) is 32.0 Å². The van der Waals surface area contributed by atoms with Crippen LogP contribution in [-0.2, 0) is 4.79 Å². The number of fused-ring (bicyclic) bond motifs is 1. The average Bonchev–Trinajstić information content (AvgIpc) is 2.76. The average molecular weight is 296 g/mol. The van der Waals surface area contributed by atoms with Crippen molar-refractivity contribution in [3.05, 3.63) is 24.4 Å². The van der Waals surface area contributed by atoms with Crippen molar-refractivity contribution in [2.45, 2.75) is 18.7 Å². The summed E-state index contributed by atoms with van der Waals surface area (Å²) in [6.07, 6.45) is 1.74. The van der Waals surface area contributed by atoms with E-state index in [2.05, 4.69) is 31.4 Å². The molecule has 1 amide bonds. The minimum Gasteiger partial charge on any atom is -0.323 e. The number of alkyl halides is 1. The SMILES string of the molecule is CC(C)[C@@H](Br)C(=O)Nc1cccc2cn[nH]c12. The molecule has 5 heteroatoms. The van der Waals surface area contributed by atoms with Crippen molar-refractivity contribution in [3.8, 4) is 0 Å². The molecular formula is C12H14BrN3O. The van der Waals surface area contributed by atoms with Gasteiger partial charge in [-0.1, -0.05) is 41.9 Å². The van der Waals surface area contributed by atoms with Gasteiger partial charge in [0.2, 0.25) is 5.91 Å². The molecule has 2 aromatic rings. The second kappa shape index (κ2) is 4.87. The second-order valence-electron chi connectivity index (χ2n) is 4.27. The number of amides is 1. The van der Waals surface area contributed by atoms with Crippen LogP contribution >= 0.6 is 15.9 Å². The third-order valence-electron chi connectivity index (χ3n) is 2.57. The highest BCUT2D eigenvalue weighted by molar-refractivity contribution is 9.10. The Hall–Kier alpha value is -1.36. The van der Waals surface area contributed by atoms with Crippen molar-refractivity contribution in [1.29, 1.82) is 0 Å². The topological polar surface area (TPSA) is 57.8 Å². The van der Waals surface area contributed by atoms with E-state index in [9.17, 15) is 4.79 Å². The lowest BCUT2D eigenvalue weighted by molar-refractivity contribution is -0.116. The minimum atomic E-state index is -0.194. The number of benzene rings is 1. The van der Waals surface area contributed by atoms with Crippen LogP contribution in [0.3, 0.4) is 0 Å². The largest absolute Gasteiger partial charge is 0.323 e. The van der Waals surface area contributed by atoms with Crippen LogP contribution in [-0.4, -0.2) is 20.9 Å². The number of carbonyl (C=O) groups excluding carboxylic acids is 1. The molecule has 0 saturated heterocycles. The molecule has 0 saturated carbocycles. The number of hydrogen-bond donors (Lipinski definition) is 2. The molecule has 2 N–H and O–H groups in total. The highest BCUT2D eigenvalue weighted by atomic mass is 79.9. The number of rotatable bonds is 3. The van der Waals surface area contributed by atoms with Gasteiger partial charge < -0.3 is 5.32 Å². The van der Waals surface area contributed by atoms with Crippen LogP contribution in [0, 0.1) is 5.92 Å². The number of halogens is 1. The monoisotopic (exact) mass is 295 g/mol. The quantitative estimate of drug-likeness (QED) is 0.856. The summed E-state index contributed by atoms with van der Waals surface area (Å²) in [5, 5.41) is 10.7. The number of H-pyrrole nitrogens is 1. The maximum atomic E-state index is 11.9. The van der Waals surface area contributed by atoms with Gasteiger partial charge in [0, 0.05) is 5.39 Å². The number of para-hydroxylation sites is 1. The molecule has 0 spiro atoms. The highest BCUT2D eigenvalue weighted by Gasteiger charge is 2.19. The smallest absolute Gasteiger partial charge is 0.238 e. The van der Waals surface area contributed by atoms with Gasteiger partial charge in [-0.3, -0.25) is 9.89 Å². The fraction of sp³-hybridized carbons (Fsp3) is 0.333. The molecule has 90 valence electrons. The molecule has 0 aliphatic carbocycles. The van der Waals surface area contributed by atoms with E-state index in [0.717, 1.165) is 16.6 Å². The molecule has 1 aromatic heterocycles. The summed E-state index contributed by atoms with van der Waals surface area (Å²) >= 11 is 3.38. The molecule has 4 nitrogen and oxygen atoms in total. The summed E-state index contributed by atoms with van der Waals surface area (Å²) < 4.78 is 0. The van der Waals surface area contributed by atoms with E-state index in [0.29, 0.717) is 0 Å². The molecule has 0 bridgehead atoms. The first kappa shape index (κ1) is 12.1. The van der Waals surface area contributed by atoms with Crippen LogP contribution in [0.15, 0.2) is 24.4 Å². The first-order valence-corrected chi connectivity index (χ1v) is 6.38. The Balaban J connectivity index is 2.24. The van der Waals surface area contributed by atoms with Crippen molar-refractivity contribution in [1.82, 2.24) is 10.2 Å². The Labute approximate surface area is 108 Å². The molecule has 0 radical (unpaired) electrons. The Morgan fingerprint density at radius 1 is 1.47 bits per heavy atom. The molecule has 17 heavy (non-hydrogen) atoms. The van der Waals surface area contributed by atoms with Crippen LogP contribution in [0.4, 0.5) is 5.69 Å². The fourth-order valence-corrected chi connectivity index (χ4v) is 1.69. The Kier molecular flexibility index (Phi) is 3.47. The zero-order chi connectivity index (χ0) is 12.4. The normalized spacial score (nSPS) is 12.9. The van der Waals surface area contributed by atoms with E-state index in [1.54, 1.807) is 6.20 Å². The number of aromatic nitrogens is 2. The molecule has 1 aromatic carbocycles. The lowest BCUT2D eigenvalue weighted by Gasteiger charge is -2.14. The molecule has 0 fully saturated rings. The van der Waals surface area contributed by atoms with E-state index < -0.39 is 0 Å². The number of nitrogens with zero attached hydrogens (tertiary/aromatic N) is 1. The summed E-state index contributed by atoms with van der Waals surface area (Å²) in [6.45, 7) is 3.99.